The van der Waals surface area contributed by atoms with Gasteiger partial charge < -0.3 is 15.7 Å². The predicted octanol–water partition coefficient (Wildman–Crippen LogP) is 2.21. The van der Waals surface area contributed by atoms with E-state index in [1.165, 1.54) is 6.20 Å². The van der Waals surface area contributed by atoms with Gasteiger partial charge in [0, 0.05) is 11.7 Å². The molecular formula is C22H30N6O3S. The van der Waals surface area contributed by atoms with Gasteiger partial charge in [-0.2, -0.15) is 5.10 Å². The number of carbonyl (C=O) groups excluding carboxylic acids is 1. The molecule has 2 aromatic rings. The SMILES string of the molecule is CCNC1CCc2c(S(N)(=O)=NC(=O)Nc3c4c(cc5c3CCC5O)CCC4)cnn2C1. The summed E-state index contributed by atoms with van der Waals surface area (Å²) in [6.07, 6.45) is 6.69. The first-order chi connectivity index (χ1) is 15.4. The van der Waals surface area contributed by atoms with E-state index in [2.05, 4.69) is 33.1 Å². The first-order valence-electron chi connectivity index (χ1n) is 11.4. The molecule has 2 amide bonds. The number of urea groups is 1. The molecule has 0 radical (unpaired) electrons. The van der Waals surface area contributed by atoms with Gasteiger partial charge in [-0.3, -0.25) is 4.68 Å². The number of nitrogens with two attached hydrogens (primary N) is 1. The van der Waals surface area contributed by atoms with E-state index in [1.807, 2.05) is 4.68 Å². The van der Waals surface area contributed by atoms with Crippen LogP contribution >= 0.6 is 0 Å². The lowest BCUT2D eigenvalue weighted by Crippen LogP contribution is -2.37. The molecule has 0 saturated heterocycles. The molecule has 5 rings (SSSR count). The smallest absolute Gasteiger partial charge is 0.354 e. The number of carbonyl (C=O) groups is 1. The van der Waals surface area contributed by atoms with Crippen molar-refractivity contribution >= 4 is 21.6 Å². The monoisotopic (exact) mass is 458 g/mol. The Morgan fingerprint density at radius 1 is 1.31 bits per heavy atom. The third kappa shape index (κ3) is 3.75. The van der Waals surface area contributed by atoms with E-state index in [4.69, 9.17) is 5.14 Å². The van der Waals surface area contributed by atoms with Crippen LogP contribution in [0.3, 0.4) is 0 Å². The fraction of sp³-hybridized carbons (Fsp3) is 0.545. The number of aromatic nitrogens is 2. The zero-order valence-electron chi connectivity index (χ0n) is 18.3. The average molecular weight is 459 g/mol. The predicted molar refractivity (Wildman–Crippen MR) is 122 cm³/mol. The fourth-order valence-corrected chi connectivity index (χ4v) is 6.52. The van der Waals surface area contributed by atoms with E-state index in [9.17, 15) is 14.1 Å². The second kappa shape index (κ2) is 8.26. The van der Waals surface area contributed by atoms with Crippen molar-refractivity contribution in [1.82, 2.24) is 15.1 Å². The van der Waals surface area contributed by atoms with Crippen LogP contribution in [0.2, 0.25) is 0 Å². The van der Waals surface area contributed by atoms with Gasteiger partial charge >= 0.3 is 6.03 Å². The number of amides is 2. The van der Waals surface area contributed by atoms with Crippen LogP contribution < -0.4 is 15.8 Å². The van der Waals surface area contributed by atoms with E-state index in [0.29, 0.717) is 36.7 Å². The number of hydrogen-bond acceptors (Lipinski definition) is 5. The van der Waals surface area contributed by atoms with Crippen molar-refractivity contribution in [1.29, 1.82) is 0 Å². The molecule has 3 unspecified atom stereocenters. The van der Waals surface area contributed by atoms with Crippen LogP contribution in [0.5, 0.6) is 0 Å². The molecule has 3 atom stereocenters. The van der Waals surface area contributed by atoms with Gasteiger partial charge in [-0.25, -0.2) is 14.1 Å². The van der Waals surface area contributed by atoms with Gasteiger partial charge in [0.25, 0.3) is 0 Å². The minimum Gasteiger partial charge on any atom is -0.388 e. The van der Waals surface area contributed by atoms with E-state index in [0.717, 1.165) is 65.9 Å². The first-order valence-corrected chi connectivity index (χ1v) is 12.9. The molecule has 0 fully saturated rings. The summed E-state index contributed by atoms with van der Waals surface area (Å²) in [7, 11) is -3.44. The molecule has 1 aliphatic heterocycles. The molecule has 5 N–H and O–H groups in total. The molecule has 1 aromatic heterocycles. The van der Waals surface area contributed by atoms with E-state index in [1.54, 1.807) is 0 Å². The van der Waals surface area contributed by atoms with Crippen molar-refractivity contribution in [2.75, 3.05) is 11.9 Å². The Labute approximate surface area is 188 Å². The Morgan fingerprint density at radius 3 is 2.97 bits per heavy atom. The maximum atomic E-state index is 13.3. The molecule has 1 aromatic carbocycles. The maximum absolute atomic E-state index is 13.3. The summed E-state index contributed by atoms with van der Waals surface area (Å²) in [5, 5.41) is 27.1. The summed E-state index contributed by atoms with van der Waals surface area (Å²) >= 11 is 0. The number of likely N-dealkylation sites (N-methyl/N-ethyl adjacent to an activating group) is 1. The first kappa shape index (κ1) is 21.6. The molecule has 10 heteroatoms. The Morgan fingerprint density at radius 2 is 2.16 bits per heavy atom. The number of aliphatic hydroxyl groups excluding tert-OH is 1. The number of nitrogens with one attached hydrogen (secondary N) is 2. The molecule has 0 saturated carbocycles. The third-order valence-corrected chi connectivity index (χ3v) is 8.27. The summed E-state index contributed by atoms with van der Waals surface area (Å²) < 4.78 is 19.0. The van der Waals surface area contributed by atoms with Crippen molar-refractivity contribution in [3.63, 3.8) is 0 Å². The number of aryl methyl sites for hydroxylation is 1. The van der Waals surface area contributed by atoms with Crippen LogP contribution in [0, 0.1) is 0 Å². The molecular weight excluding hydrogens is 428 g/mol. The number of benzene rings is 1. The Hall–Kier alpha value is -2.27. The standard InChI is InChI=1S/C22H30N6O3S/c1-2-24-14-6-8-18-20(11-25-28(18)12-14)32(23,31)27-22(30)26-21-15-5-3-4-13(15)10-17-16(21)7-9-19(17)29/h10-11,14,19,24,29H,2-9,12H2,1H3,(H3,23,26,27,30,31). The van der Waals surface area contributed by atoms with E-state index < -0.39 is 22.1 Å². The van der Waals surface area contributed by atoms with Crippen molar-refractivity contribution < 1.29 is 14.1 Å². The molecule has 9 nitrogen and oxygen atoms in total. The second-order valence-corrected chi connectivity index (χ2v) is 10.6. The number of fused-ring (bicyclic) bond motifs is 3. The van der Waals surface area contributed by atoms with Gasteiger partial charge in [-0.05, 0) is 73.7 Å². The lowest BCUT2D eigenvalue weighted by atomic mass is 9.98. The Kier molecular flexibility index (Phi) is 5.56. The Bertz CT molecular complexity index is 1200. The van der Waals surface area contributed by atoms with Crippen LogP contribution in [-0.4, -0.2) is 37.7 Å². The fourth-order valence-electron chi connectivity index (χ4n) is 5.38. The second-order valence-electron chi connectivity index (χ2n) is 8.89. The summed E-state index contributed by atoms with van der Waals surface area (Å²) in [4.78, 5) is 13.2. The van der Waals surface area contributed by atoms with Crippen LogP contribution in [0.25, 0.3) is 0 Å². The third-order valence-electron chi connectivity index (χ3n) is 6.86. The van der Waals surface area contributed by atoms with Crippen molar-refractivity contribution in [2.45, 2.75) is 75.5 Å². The quantitative estimate of drug-likeness (QED) is 0.557. The number of anilines is 1. The molecule has 2 aliphatic carbocycles. The number of aliphatic hydroxyl groups is 1. The maximum Gasteiger partial charge on any atom is 0.354 e. The zero-order chi connectivity index (χ0) is 22.5. The number of nitrogens with zero attached hydrogens (tertiary/aromatic N) is 3. The van der Waals surface area contributed by atoms with Crippen LogP contribution in [0.4, 0.5) is 10.5 Å². The summed E-state index contributed by atoms with van der Waals surface area (Å²) in [6.45, 7) is 3.61. The van der Waals surface area contributed by atoms with E-state index in [-0.39, 0.29) is 0 Å². The average Bonchev–Trinajstić information content (AvgIpc) is 3.46. The van der Waals surface area contributed by atoms with Gasteiger partial charge in [0.05, 0.1) is 24.5 Å². The van der Waals surface area contributed by atoms with Crippen molar-refractivity contribution in [3.8, 4) is 0 Å². The van der Waals surface area contributed by atoms with Gasteiger partial charge in [0.2, 0.25) is 0 Å². The highest BCUT2D eigenvalue weighted by atomic mass is 32.2. The van der Waals surface area contributed by atoms with Crippen LogP contribution in [0.1, 0.15) is 60.2 Å². The molecule has 0 spiro atoms. The van der Waals surface area contributed by atoms with Gasteiger partial charge in [0.1, 0.15) is 14.8 Å². The van der Waals surface area contributed by atoms with Gasteiger partial charge in [-0.15, -0.1) is 4.36 Å². The van der Waals surface area contributed by atoms with Gasteiger partial charge in [0.15, 0.2) is 0 Å². The lowest BCUT2D eigenvalue weighted by Gasteiger charge is -2.24. The topological polar surface area (TPSA) is 135 Å². The summed E-state index contributed by atoms with van der Waals surface area (Å²) in [6, 6.07) is 1.67. The highest BCUT2D eigenvalue weighted by Gasteiger charge is 2.30. The lowest BCUT2D eigenvalue weighted by molar-refractivity contribution is 0.180. The van der Waals surface area contributed by atoms with E-state index >= 15 is 0 Å². The molecule has 0 bridgehead atoms. The Balaban J connectivity index is 1.43. The summed E-state index contributed by atoms with van der Waals surface area (Å²) in [5.74, 6) is 0. The zero-order valence-corrected chi connectivity index (χ0v) is 19.1. The number of hydrogen-bond donors (Lipinski definition) is 4. The normalized spacial score (nSPS) is 23.2. The van der Waals surface area contributed by atoms with Crippen molar-refractivity contribution in [3.05, 3.63) is 40.2 Å². The molecule has 172 valence electrons. The minimum atomic E-state index is -3.44. The van der Waals surface area contributed by atoms with Crippen molar-refractivity contribution in [2.24, 2.45) is 9.50 Å². The van der Waals surface area contributed by atoms with Crippen LogP contribution in [-0.2, 0) is 42.1 Å². The molecule has 32 heavy (non-hydrogen) atoms. The molecule has 2 heterocycles. The minimum absolute atomic E-state index is 0.312. The van der Waals surface area contributed by atoms with Gasteiger partial charge in [-0.1, -0.05) is 13.0 Å². The highest BCUT2D eigenvalue weighted by molar-refractivity contribution is 7.91. The largest absolute Gasteiger partial charge is 0.388 e. The highest BCUT2D eigenvalue weighted by Crippen LogP contribution is 2.42. The number of rotatable bonds is 4. The molecule has 3 aliphatic rings. The summed E-state index contributed by atoms with van der Waals surface area (Å²) in [5.41, 5.74) is 5.61. The van der Waals surface area contributed by atoms with Crippen LogP contribution in [0.15, 0.2) is 21.5 Å².